The lowest BCUT2D eigenvalue weighted by Gasteiger charge is -1.81. The van der Waals surface area contributed by atoms with E-state index in [-0.39, 0.29) is 0 Å². The molecular formula is C12H20. The fourth-order valence-corrected chi connectivity index (χ4v) is 0.840. The van der Waals surface area contributed by atoms with E-state index in [1.165, 1.54) is 12.8 Å². The van der Waals surface area contributed by atoms with Gasteiger partial charge in [-0.3, -0.25) is 0 Å². The maximum absolute atomic E-state index is 2.21. The summed E-state index contributed by atoms with van der Waals surface area (Å²) in [5.74, 6) is 0. The lowest BCUT2D eigenvalue weighted by atomic mass is 10.3. The lowest BCUT2D eigenvalue weighted by molar-refractivity contribution is 0.959. The molecule has 0 aliphatic heterocycles. The topological polar surface area (TPSA) is 0 Å². The van der Waals surface area contributed by atoms with Crippen LogP contribution in [0.25, 0.3) is 0 Å². The highest BCUT2D eigenvalue weighted by Crippen LogP contribution is 1.91. The minimum Gasteiger partial charge on any atom is -0.0885 e. The maximum atomic E-state index is 2.21. The standard InChI is InChI=1S/C12H20/c1-3-5-7-9-11-12-10-8-6-4-2/h5,7-8,10-12H,3-4,6,9H2,1-2H3/b7-5+,10-8+,12-11+. The predicted molar refractivity (Wildman–Crippen MR) is 57.2 cm³/mol. The Hall–Kier alpha value is -0.780. The van der Waals surface area contributed by atoms with E-state index in [0.717, 1.165) is 12.8 Å². The Kier molecular flexibility index (Phi) is 9.56. The number of rotatable bonds is 6. The Morgan fingerprint density at radius 3 is 2.25 bits per heavy atom. The van der Waals surface area contributed by atoms with E-state index in [4.69, 9.17) is 0 Å². The molecule has 0 aromatic heterocycles. The molecule has 0 aromatic carbocycles. The van der Waals surface area contributed by atoms with Crippen LogP contribution in [-0.4, -0.2) is 0 Å². The van der Waals surface area contributed by atoms with Crippen molar-refractivity contribution in [3.63, 3.8) is 0 Å². The van der Waals surface area contributed by atoms with Crippen molar-refractivity contribution in [2.75, 3.05) is 0 Å². The van der Waals surface area contributed by atoms with E-state index in [9.17, 15) is 0 Å². The van der Waals surface area contributed by atoms with Gasteiger partial charge in [0.1, 0.15) is 0 Å². The third kappa shape index (κ3) is 9.22. The van der Waals surface area contributed by atoms with Crippen LogP contribution in [0.3, 0.4) is 0 Å². The van der Waals surface area contributed by atoms with Gasteiger partial charge in [-0.2, -0.15) is 0 Å². The number of hydrogen-bond donors (Lipinski definition) is 0. The van der Waals surface area contributed by atoms with Crippen LogP contribution < -0.4 is 0 Å². The molecule has 0 aliphatic rings. The van der Waals surface area contributed by atoms with E-state index in [1.807, 2.05) is 0 Å². The fourth-order valence-electron chi connectivity index (χ4n) is 0.840. The SMILES string of the molecule is CC/C=C/C/C=C/C=C/CCC. The summed E-state index contributed by atoms with van der Waals surface area (Å²) in [7, 11) is 0. The summed E-state index contributed by atoms with van der Waals surface area (Å²) in [6, 6.07) is 0. The van der Waals surface area contributed by atoms with Gasteiger partial charge in [0.2, 0.25) is 0 Å². The molecule has 0 aliphatic carbocycles. The van der Waals surface area contributed by atoms with E-state index >= 15 is 0 Å². The highest BCUT2D eigenvalue weighted by molar-refractivity contribution is 5.04. The summed E-state index contributed by atoms with van der Waals surface area (Å²) < 4.78 is 0. The van der Waals surface area contributed by atoms with Crippen LogP contribution in [0.2, 0.25) is 0 Å². The molecule has 12 heavy (non-hydrogen) atoms. The molecular weight excluding hydrogens is 144 g/mol. The third-order valence-corrected chi connectivity index (χ3v) is 1.51. The normalized spacial score (nSPS) is 12.5. The molecule has 0 radical (unpaired) electrons. The van der Waals surface area contributed by atoms with Crippen LogP contribution in [-0.2, 0) is 0 Å². The van der Waals surface area contributed by atoms with Gasteiger partial charge in [0.25, 0.3) is 0 Å². The molecule has 0 unspecified atom stereocenters. The zero-order valence-corrected chi connectivity index (χ0v) is 8.29. The summed E-state index contributed by atoms with van der Waals surface area (Å²) >= 11 is 0. The van der Waals surface area contributed by atoms with Gasteiger partial charge < -0.3 is 0 Å². The number of unbranched alkanes of at least 4 members (excludes halogenated alkanes) is 1. The molecule has 0 amide bonds. The van der Waals surface area contributed by atoms with Gasteiger partial charge in [0.05, 0.1) is 0 Å². The van der Waals surface area contributed by atoms with E-state index in [2.05, 4.69) is 50.3 Å². The van der Waals surface area contributed by atoms with Crippen LogP contribution in [0.15, 0.2) is 36.5 Å². The highest BCUT2D eigenvalue weighted by atomic mass is 13.8. The van der Waals surface area contributed by atoms with Crippen molar-refractivity contribution < 1.29 is 0 Å². The Morgan fingerprint density at radius 2 is 1.58 bits per heavy atom. The van der Waals surface area contributed by atoms with Crippen LogP contribution in [0, 0.1) is 0 Å². The second-order valence-corrected chi connectivity index (χ2v) is 2.76. The second kappa shape index (κ2) is 10.2. The van der Waals surface area contributed by atoms with Crippen molar-refractivity contribution >= 4 is 0 Å². The summed E-state index contributed by atoms with van der Waals surface area (Å²) in [6.07, 6.45) is 17.7. The Bertz CT molecular complexity index is 149. The number of allylic oxidation sites excluding steroid dienone is 6. The fraction of sp³-hybridized carbons (Fsp3) is 0.500. The van der Waals surface area contributed by atoms with Crippen molar-refractivity contribution in [1.29, 1.82) is 0 Å². The third-order valence-electron chi connectivity index (χ3n) is 1.51. The summed E-state index contributed by atoms with van der Waals surface area (Å²) in [6.45, 7) is 4.35. The van der Waals surface area contributed by atoms with E-state index in [1.54, 1.807) is 0 Å². The minimum atomic E-state index is 1.06. The Labute approximate surface area is 76.7 Å². The Balaban J connectivity index is 3.30. The Morgan fingerprint density at radius 1 is 0.833 bits per heavy atom. The molecule has 0 spiro atoms. The zero-order chi connectivity index (χ0) is 9.07. The van der Waals surface area contributed by atoms with Crippen LogP contribution in [0.5, 0.6) is 0 Å². The smallest absolute Gasteiger partial charge is 0.0166 e. The molecule has 68 valence electrons. The van der Waals surface area contributed by atoms with Gasteiger partial charge in [-0.15, -0.1) is 0 Å². The lowest BCUT2D eigenvalue weighted by Crippen LogP contribution is -1.60. The minimum absolute atomic E-state index is 1.06. The maximum Gasteiger partial charge on any atom is -0.0166 e. The van der Waals surface area contributed by atoms with E-state index in [0.29, 0.717) is 0 Å². The van der Waals surface area contributed by atoms with Gasteiger partial charge in [-0.05, 0) is 19.3 Å². The quantitative estimate of drug-likeness (QED) is 0.406. The molecule has 0 fully saturated rings. The first-order valence-electron chi connectivity index (χ1n) is 4.88. The van der Waals surface area contributed by atoms with Crippen molar-refractivity contribution in [2.24, 2.45) is 0 Å². The highest BCUT2D eigenvalue weighted by Gasteiger charge is 1.70. The van der Waals surface area contributed by atoms with Gasteiger partial charge in [-0.1, -0.05) is 56.7 Å². The molecule has 0 saturated heterocycles. The van der Waals surface area contributed by atoms with Gasteiger partial charge in [0, 0.05) is 0 Å². The monoisotopic (exact) mass is 164 g/mol. The summed E-state index contributed by atoms with van der Waals surface area (Å²) in [4.78, 5) is 0. The predicted octanol–water partition coefficient (Wildman–Crippen LogP) is 4.26. The summed E-state index contributed by atoms with van der Waals surface area (Å²) in [5, 5.41) is 0. The van der Waals surface area contributed by atoms with Crippen LogP contribution in [0.1, 0.15) is 39.5 Å². The molecule has 0 aromatic rings. The van der Waals surface area contributed by atoms with Crippen LogP contribution >= 0.6 is 0 Å². The van der Waals surface area contributed by atoms with Crippen molar-refractivity contribution in [3.8, 4) is 0 Å². The van der Waals surface area contributed by atoms with Crippen molar-refractivity contribution in [2.45, 2.75) is 39.5 Å². The van der Waals surface area contributed by atoms with E-state index < -0.39 is 0 Å². The van der Waals surface area contributed by atoms with Gasteiger partial charge in [-0.25, -0.2) is 0 Å². The molecule has 0 saturated carbocycles. The average molecular weight is 164 g/mol. The summed E-state index contributed by atoms with van der Waals surface area (Å²) in [5.41, 5.74) is 0. The van der Waals surface area contributed by atoms with Gasteiger partial charge in [0.15, 0.2) is 0 Å². The van der Waals surface area contributed by atoms with Crippen LogP contribution in [0.4, 0.5) is 0 Å². The van der Waals surface area contributed by atoms with Crippen molar-refractivity contribution in [3.05, 3.63) is 36.5 Å². The first kappa shape index (κ1) is 11.2. The molecule has 0 N–H and O–H groups in total. The molecule has 0 heterocycles. The first-order chi connectivity index (χ1) is 5.91. The van der Waals surface area contributed by atoms with Crippen molar-refractivity contribution in [1.82, 2.24) is 0 Å². The zero-order valence-electron chi connectivity index (χ0n) is 8.29. The molecule has 0 heteroatoms. The molecule has 0 bridgehead atoms. The number of hydrogen-bond acceptors (Lipinski definition) is 0. The molecule has 0 atom stereocenters. The molecule has 0 nitrogen and oxygen atoms in total. The largest absolute Gasteiger partial charge is 0.0885 e. The first-order valence-corrected chi connectivity index (χ1v) is 4.88. The van der Waals surface area contributed by atoms with Gasteiger partial charge >= 0.3 is 0 Å². The second-order valence-electron chi connectivity index (χ2n) is 2.76. The average Bonchev–Trinajstić information content (AvgIpc) is 2.10. The molecule has 0 rings (SSSR count).